The number of nitrogens with zero attached hydrogens (tertiary/aromatic N) is 1. The van der Waals surface area contributed by atoms with Crippen molar-refractivity contribution in [3.63, 3.8) is 0 Å². The van der Waals surface area contributed by atoms with Crippen molar-refractivity contribution >= 4 is 18.1 Å². The molecule has 5 heteroatoms. The van der Waals surface area contributed by atoms with Gasteiger partial charge in [0.1, 0.15) is 12.6 Å². The standard InChI is InChI=1S/C27H26N2O3/c1-20(23-15-9-4-10-16-23)29-24(18-17-21-11-5-2-6-12-21)25(26(29)30)28-27(31)32-19-22-13-7-3-8-14-22/h2-18,20,24-25H,19H2,1H3,(H,28,31)/t20-,24-,25+/m1/s1. The molecule has 0 aromatic heterocycles. The summed E-state index contributed by atoms with van der Waals surface area (Å²) in [6.45, 7) is 2.16. The first-order valence-corrected chi connectivity index (χ1v) is 10.7. The minimum absolute atomic E-state index is 0.118. The van der Waals surface area contributed by atoms with E-state index in [0.29, 0.717) is 0 Å². The van der Waals surface area contributed by atoms with E-state index < -0.39 is 12.1 Å². The van der Waals surface area contributed by atoms with E-state index >= 15 is 0 Å². The summed E-state index contributed by atoms with van der Waals surface area (Å²) < 4.78 is 5.33. The van der Waals surface area contributed by atoms with Crippen molar-refractivity contribution in [1.82, 2.24) is 10.2 Å². The molecule has 3 aromatic carbocycles. The number of benzene rings is 3. The molecule has 2 amide bonds. The molecule has 1 heterocycles. The van der Waals surface area contributed by atoms with E-state index in [1.165, 1.54) is 0 Å². The normalized spacial score (nSPS) is 18.8. The lowest BCUT2D eigenvalue weighted by molar-refractivity contribution is -0.151. The monoisotopic (exact) mass is 426 g/mol. The summed E-state index contributed by atoms with van der Waals surface area (Å²) in [5.74, 6) is -0.124. The highest BCUT2D eigenvalue weighted by Gasteiger charge is 2.49. The third-order valence-corrected chi connectivity index (χ3v) is 5.65. The average molecular weight is 427 g/mol. The zero-order chi connectivity index (χ0) is 22.3. The number of rotatable bonds is 7. The Morgan fingerprint density at radius 3 is 2.22 bits per heavy atom. The van der Waals surface area contributed by atoms with Gasteiger partial charge >= 0.3 is 6.09 Å². The maximum Gasteiger partial charge on any atom is 0.408 e. The highest BCUT2D eigenvalue weighted by molar-refractivity contribution is 5.93. The Bertz CT molecular complexity index is 1070. The summed E-state index contributed by atoms with van der Waals surface area (Å²) >= 11 is 0. The number of hydrogen-bond donors (Lipinski definition) is 1. The van der Waals surface area contributed by atoms with Gasteiger partial charge in [0.2, 0.25) is 5.91 Å². The fourth-order valence-corrected chi connectivity index (χ4v) is 3.89. The highest BCUT2D eigenvalue weighted by Crippen LogP contribution is 2.33. The third-order valence-electron chi connectivity index (χ3n) is 5.65. The third kappa shape index (κ3) is 4.89. The second-order valence-corrected chi connectivity index (χ2v) is 7.78. The van der Waals surface area contributed by atoms with Crippen LogP contribution in [-0.4, -0.2) is 29.0 Å². The number of hydrogen-bond acceptors (Lipinski definition) is 3. The molecular weight excluding hydrogens is 400 g/mol. The lowest BCUT2D eigenvalue weighted by Gasteiger charge is -2.49. The molecule has 1 aliphatic heterocycles. The summed E-state index contributed by atoms with van der Waals surface area (Å²) in [5, 5.41) is 2.76. The van der Waals surface area contributed by atoms with Crippen molar-refractivity contribution < 1.29 is 14.3 Å². The SMILES string of the molecule is C[C@H](c1ccccc1)N1C(=O)[C@@H](NC(=O)OCc2ccccc2)[C@H]1C=Cc1ccccc1. The molecule has 0 aliphatic carbocycles. The van der Waals surface area contributed by atoms with Crippen LogP contribution in [0.4, 0.5) is 4.79 Å². The number of nitrogens with one attached hydrogen (secondary N) is 1. The van der Waals surface area contributed by atoms with Gasteiger partial charge in [0, 0.05) is 0 Å². The molecule has 1 N–H and O–H groups in total. The lowest BCUT2D eigenvalue weighted by Crippen LogP contribution is -2.70. The molecule has 0 bridgehead atoms. The molecule has 4 rings (SSSR count). The van der Waals surface area contributed by atoms with E-state index in [0.717, 1.165) is 16.7 Å². The maximum atomic E-state index is 13.0. The van der Waals surface area contributed by atoms with E-state index in [1.54, 1.807) is 4.90 Å². The van der Waals surface area contributed by atoms with Crippen molar-refractivity contribution in [2.24, 2.45) is 0 Å². The molecule has 0 radical (unpaired) electrons. The summed E-state index contributed by atoms with van der Waals surface area (Å²) in [6.07, 6.45) is 3.35. The number of carbonyl (C=O) groups excluding carboxylic acids is 2. The highest BCUT2D eigenvalue weighted by atomic mass is 16.5. The summed E-state index contributed by atoms with van der Waals surface area (Å²) in [6, 6.07) is 28.2. The zero-order valence-electron chi connectivity index (χ0n) is 17.9. The second-order valence-electron chi connectivity index (χ2n) is 7.78. The maximum absolute atomic E-state index is 13.0. The Hall–Kier alpha value is -3.86. The van der Waals surface area contributed by atoms with Crippen LogP contribution >= 0.6 is 0 Å². The van der Waals surface area contributed by atoms with E-state index in [4.69, 9.17) is 4.74 Å². The first kappa shape index (κ1) is 21.4. The van der Waals surface area contributed by atoms with Crippen LogP contribution in [-0.2, 0) is 16.1 Å². The summed E-state index contributed by atoms with van der Waals surface area (Å²) in [7, 11) is 0. The van der Waals surface area contributed by atoms with Crippen LogP contribution < -0.4 is 5.32 Å². The van der Waals surface area contributed by atoms with Gasteiger partial charge in [-0.3, -0.25) is 4.79 Å². The Morgan fingerprint density at radius 2 is 1.56 bits per heavy atom. The molecule has 162 valence electrons. The van der Waals surface area contributed by atoms with Crippen LogP contribution in [0.3, 0.4) is 0 Å². The van der Waals surface area contributed by atoms with Gasteiger partial charge in [-0.2, -0.15) is 0 Å². The molecule has 32 heavy (non-hydrogen) atoms. The summed E-state index contributed by atoms with van der Waals surface area (Å²) in [4.78, 5) is 27.2. The van der Waals surface area contributed by atoms with Crippen LogP contribution in [0.2, 0.25) is 0 Å². The van der Waals surface area contributed by atoms with Gasteiger partial charge in [0.15, 0.2) is 0 Å². The fraction of sp³-hybridized carbons (Fsp3) is 0.185. The number of ether oxygens (including phenoxy) is 1. The molecule has 5 nitrogen and oxygen atoms in total. The molecule has 0 spiro atoms. The van der Waals surface area contributed by atoms with Crippen LogP contribution in [0.25, 0.3) is 6.08 Å². The van der Waals surface area contributed by atoms with Crippen LogP contribution in [0, 0.1) is 0 Å². The van der Waals surface area contributed by atoms with Crippen molar-refractivity contribution in [3.05, 3.63) is 114 Å². The molecule has 0 unspecified atom stereocenters. The molecular formula is C27H26N2O3. The van der Waals surface area contributed by atoms with Gasteiger partial charge in [-0.05, 0) is 23.6 Å². The number of alkyl carbamates (subject to hydrolysis) is 1. The number of β-lactam (4-membered cyclic amide) rings is 1. The number of likely N-dealkylation sites (tertiary alicyclic amines) is 1. The molecule has 1 fully saturated rings. The van der Waals surface area contributed by atoms with Crippen LogP contribution in [0.15, 0.2) is 97.1 Å². The predicted molar refractivity (Wildman–Crippen MR) is 125 cm³/mol. The largest absolute Gasteiger partial charge is 0.445 e. The molecule has 1 saturated heterocycles. The number of carbonyl (C=O) groups is 2. The first-order chi connectivity index (χ1) is 15.6. The number of amides is 2. The minimum Gasteiger partial charge on any atom is -0.445 e. The van der Waals surface area contributed by atoms with Gasteiger partial charge in [0.25, 0.3) is 0 Å². The van der Waals surface area contributed by atoms with Crippen LogP contribution in [0.5, 0.6) is 0 Å². The zero-order valence-corrected chi connectivity index (χ0v) is 17.9. The lowest BCUT2D eigenvalue weighted by atomic mass is 9.89. The van der Waals surface area contributed by atoms with Gasteiger partial charge in [-0.1, -0.05) is 103 Å². The smallest absolute Gasteiger partial charge is 0.408 e. The van der Waals surface area contributed by atoms with Crippen molar-refractivity contribution in [2.45, 2.75) is 31.7 Å². The quantitative estimate of drug-likeness (QED) is 0.543. The molecule has 3 atom stereocenters. The van der Waals surface area contributed by atoms with E-state index in [2.05, 4.69) is 5.32 Å². The van der Waals surface area contributed by atoms with Crippen molar-refractivity contribution in [3.8, 4) is 0 Å². The van der Waals surface area contributed by atoms with Gasteiger partial charge in [-0.15, -0.1) is 0 Å². The molecule has 1 aliphatic rings. The van der Waals surface area contributed by atoms with E-state index in [1.807, 2.05) is 110 Å². The molecule has 0 saturated carbocycles. The Morgan fingerprint density at radius 1 is 0.969 bits per heavy atom. The first-order valence-electron chi connectivity index (χ1n) is 10.7. The second kappa shape index (κ2) is 9.96. The van der Waals surface area contributed by atoms with E-state index in [-0.39, 0.29) is 24.6 Å². The van der Waals surface area contributed by atoms with E-state index in [9.17, 15) is 9.59 Å². The fourth-order valence-electron chi connectivity index (χ4n) is 3.89. The van der Waals surface area contributed by atoms with Crippen LogP contribution in [0.1, 0.15) is 29.7 Å². The van der Waals surface area contributed by atoms with Crippen molar-refractivity contribution in [2.75, 3.05) is 0 Å². The minimum atomic E-state index is -0.663. The Kier molecular flexibility index (Phi) is 6.66. The van der Waals surface area contributed by atoms with Gasteiger partial charge < -0.3 is 15.0 Å². The van der Waals surface area contributed by atoms with Gasteiger partial charge in [-0.25, -0.2) is 4.79 Å². The van der Waals surface area contributed by atoms with Gasteiger partial charge in [0.05, 0.1) is 12.1 Å². The van der Waals surface area contributed by atoms with Crippen molar-refractivity contribution in [1.29, 1.82) is 0 Å². The average Bonchev–Trinajstić information content (AvgIpc) is 2.85. The Labute approximate surface area is 188 Å². The molecule has 3 aromatic rings. The summed E-state index contributed by atoms with van der Waals surface area (Å²) in [5.41, 5.74) is 2.97. The topological polar surface area (TPSA) is 58.6 Å². The Balaban J connectivity index is 1.48. The predicted octanol–water partition coefficient (Wildman–Crippen LogP) is 4.97.